The van der Waals surface area contributed by atoms with Gasteiger partial charge >= 0.3 is 0 Å². The molecule has 0 N–H and O–H groups in total. The van der Waals surface area contributed by atoms with Crippen LogP contribution in [0.15, 0.2) is 97.1 Å². The average molecular weight is 512 g/mol. The average Bonchev–Trinajstić information content (AvgIpc) is 2.79. The predicted octanol–water partition coefficient (Wildman–Crippen LogP) is 7.74. The van der Waals surface area contributed by atoms with Gasteiger partial charge in [0.05, 0.1) is 5.41 Å². The Morgan fingerprint density at radius 3 is 1.06 bits per heavy atom. The highest BCUT2D eigenvalue weighted by molar-refractivity contribution is 14.1. The fraction of sp³-hybridized carbons (Fsp3) is 0.133. The molecule has 4 rings (SSSR count). The molecule has 0 radical (unpaired) electrons. The molecule has 4 aromatic carbocycles. The molecular weight excluding hydrogens is 487 g/mol. The van der Waals surface area contributed by atoms with Crippen molar-refractivity contribution in [3.8, 4) is 9.85 Å². The number of hydrogen-bond donors (Lipinski definition) is 0. The third kappa shape index (κ3) is 4.18. The lowest BCUT2D eigenvalue weighted by Crippen LogP contribution is -2.31. The molecule has 1 heteroatoms. The molecule has 0 spiro atoms. The van der Waals surface area contributed by atoms with Crippen molar-refractivity contribution in [2.75, 3.05) is 0 Å². The molecule has 0 saturated heterocycles. The second-order valence-corrected chi connectivity index (χ2v) is 8.68. The second-order valence-electron chi connectivity index (χ2n) is 8.14. The van der Waals surface area contributed by atoms with Crippen LogP contribution >= 0.6 is 22.6 Å². The molecule has 4 aromatic rings. The minimum Gasteiger partial charge on any atom is -0.0590 e. The highest BCUT2D eigenvalue weighted by atomic mass is 127. The maximum absolute atomic E-state index is 3.16. The van der Waals surface area contributed by atoms with Gasteiger partial charge in [-0.2, -0.15) is 0 Å². The Morgan fingerprint density at radius 2 is 0.774 bits per heavy atom. The van der Waals surface area contributed by atoms with Gasteiger partial charge in [-0.05, 0) is 59.1 Å². The summed E-state index contributed by atoms with van der Waals surface area (Å²) in [7, 11) is 0. The van der Waals surface area contributed by atoms with E-state index in [0.29, 0.717) is 0 Å². The van der Waals surface area contributed by atoms with Gasteiger partial charge < -0.3 is 0 Å². The largest absolute Gasteiger partial charge is 0.0701 e. The maximum atomic E-state index is 3.16. The van der Waals surface area contributed by atoms with Crippen LogP contribution in [0.2, 0.25) is 0 Å². The van der Waals surface area contributed by atoms with E-state index < -0.39 is 5.41 Å². The van der Waals surface area contributed by atoms with E-state index in [1.54, 1.807) is 0 Å². The Kier molecular flexibility index (Phi) is 6.30. The van der Waals surface area contributed by atoms with E-state index in [4.69, 9.17) is 0 Å². The van der Waals surface area contributed by atoms with Crippen molar-refractivity contribution in [2.45, 2.75) is 26.2 Å². The summed E-state index contributed by atoms with van der Waals surface area (Å²) >= 11 is 2.09. The highest BCUT2D eigenvalue weighted by Crippen LogP contribution is 2.45. The van der Waals surface area contributed by atoms with Crippen LogP contribution in [0, 0.1) is 30.6 Å². The van der Waals surface area contributed by atoms with Crippen molar-refractivity contribution in [3.63, 3.8) is 0 Å². The summed E-state index contributed by atoms with van der Waals surface area (Å²) in [6.07, 6.45) is 0. The minimum absolute atomic E-state index is 0.411. The van der Waals surface area contributed by atoms with Crippen molar-refractivity contribution in [1.82, 2.24) is 0 Å². The summed E-state index contributed by atoms with van der Waals surface area (Å²) < 4.78 is 2.98. The quantitative estimate of drug-likeness (QED) is 0.149. The Labute approximate surface area is 199 Å². The van der Waals surface area contributed by atoms with Crippen LogP contribution in [0.3, 0.4) is 0 Å². The summed E-state index contributed by atoms with van der Waals surface area (Å²) in [5, 5.41) is 0. The van der Waals surface area contributed by atoms with E-state index in [2.05, 4.69) is 150 Å². The second kappa shape index (κ2) is 9.12. The van der Waals surface area contributed by atoms with E-state index in [9.17, 15) is 0 Å². The molecule has 0 bridgehead atoms. The summed E-state index contributed by atoms with van der Waals surface area (Å²) in [4.78, 5) is 0. The number of halogens is 1. The van der Waals surface area contributed by atoms with Gasteiger partial charge in [0.2, 0.25) is 0 Å². The Bertz CT molecular complexity index is 1110. The summed E-state index contributed by atoms with van der Waals surface area (Å²) in [5.74, 6) is 3.16. The SMILES string of the molecule is Cc1ccc(C(c2ccc(C)cc2)(c2ccc(C)cc2)c2ccc(C#CI)cc2)cc1. The van der Waals surface area contributed by atoms with Gasteiger partial charge in [-0.25, -0.2) is 0 Å². The third-order valence-electron chi connectivity index (χ3n) is 5.96. The molecule has 0 aromatic heterocycles. The molecule has 31 heavy (non-hydrogen) atoms. The number of rotatable bonds is 4. The zero-order valence-corrected chi connectivity index (χ0v) is 20.3. The summed E-state index contributed by atoms with van der Waals surface area (Å²) in [5.41, 5.74) is 9.43. The van der Waals surface area contributed by atoms with Crippen LogP contribution < -0.4 is 0 Å². The van der Waals surface area contributed by atoms with Crippen LogP contribution in [-0.4, -0.2) is 0 Å². The smallest absolute Gasteiger partial charge is 0.0590 e. The van der Waals surface area contributed by atoms with Gasteiger partial charge in [-0.1, -0.05) is 108 Å². The van der Waals surface area contributed by atoms with Gasteiger partial charge in [0.25, 0.3) is 0 Å². The molecule has 0 aliphatic carbocycles. The van der Waals surface area contributed by atoms with Gasteiger partial charge in [0.1, 0.15) is 0 Å². The lowest BCUT2D eigenvalue weighted by atomic mass is 9.65. The van der Waals surface area contributed by atoms with E-state index in [1.807, 2.05) is 0 Å². The van der Waals surface area contributed by atoms with Crippen LogP contribution in [0.1, 0.15) is 44.5 Å². The molecule has 152 valence electrons. The van der Waals surface area contributed by atoms with Gasteiger partial charge in [-0.3, -0.25) is 0 Å². The molecular formula is C30H25I. The molecule has 0 heterocycles. The van der Waals surface area contributed by atoms with E-state index >= 15 is 0 Å². The van der Waals surface area contributed by atoms with E-state index in [1.165, 1.54) is 38.9 Å². The van der Waals surface area contributed by atoms with Crippen LogP contribution in [0.25, 0.3) is 0 Å². The zero-order valence-electron chi connectivity index (χ0n) is 18.1. The number of aryl methyl sites for hydroxylation is 3. The maximum Gasteiger partial charge on any atom is 0.0701 e. The van der Waals surface area contributed by atoms with Crippen LogP contribution in [0.5, 0.6) is 0 Å². The molecule has 0 aliphatic heterocycles. The molecule has 0 amide bonds. The fourth-order valence-electron chi connectivity index (χ4n) is 4.27. The van der Waals surface area contributed by atoms with Gasteiger partial charge in [-0.15, -0.1) is 0 Å². The predicted molar refractivity (Wildman–Crippen MR) is 140 cm³/mol. The molecule has 0 fully saturated rings. The number of benzene rings is 4. The van der Waals surface area contributed by atoms with Crippen molar-refractivity contribution in [1.29, 1.82) is 0 Å². The first-order valence-corrected chi connectivity index (χ1v) is 11.6. The zero-order chi connectivity index (χ0) is 21.8. The lowest BCUT2D eigenvalue weighted by Gasteiger charge is -2.37. The monoisotopic (exact) mass is 512 g/mol. The van der Waals surface area contributed by atoms with Crippen LogP contribution in [0.4, 0.5) is 0 Å². The lowest BCUT2D eigenvalue weighted by molar-refractivity contribution is 0.744. The first kappa shape index (κ1) is 21.4. The topological polar surface area (TPSA) is 0 Å². The number of hydrogen-bond acceptors (Lipinski definition) is 0. The first-order chi connectivity index (χ1) is 15.0. The third-order valence-corrected chi connectivity index (χ3v) is 6.23. The normalized spacial score (nSPS) is 11.0. The van der Waals surface area contributed by atoms with Crippen molar-refractivity contribution in [3.05, 3.63) is 142 Å². The fourth-order valence-corrected chi connectivity index (χ4v) is 4.58. The van der Waals surface area contributed by atoms with Gasteiger partial charge in [0, 0.05) is 28.2 Å². The van der Waals surface area contributed by atoms with E-state index in [-0.39, 0.29) is 0 Å². The summed E-state index contributed by atoms with van der Waals surface area (Å²) in [6.45, 7) is 6.42. The molecule has 0 saturated carbocycles. The van der Waals surface area contributed by atoms with Crippen molar-refractivity contribution < 1.29 is 0 Å². The molecule has 0 atom stereocenters. The standard InChI is InChI=1S/C30H25I/c1-22-4-12-26(13-5-22)30(27-14-6-23(2)7-15-27,28-16-8-24(3)9-17-28)29-18-10-25(11-19-29)20-21-31/h4-19H,1-3H3. The molecule has 0 aliphatic rings. The van der Waals surface area contributed by atoms with Crippen molar-refractivity contribution >= 4 is 22.6 Å². The van der Waals surface area contributed by atoms with E-state index in [0.717, 1.165) is 5.56 Å². The Balaban J connectivity index is 2.09. The Hall–Kier alpha value is -2.83. The first-order valence-electron chi connectivity index (χ1n) is 10.5. The van der Waals surface area contributed by atoms with Crippen molar-refractivity contribution in [2.24, 2.45) is 0 Å². The molecule has 0 nitrogen and oxygen atoms in total. The Morgan fingerprint density at radius 1 is 0.484 bits per heavy atom. The van der Waals surface area contributed by atoms with Crippen LogP contribution in [-0.2, 0) is 5.41 Å². The highest BCUT2D eigenvalue weighted by Gasteiger charge is 2.38. The summed E-state index contributed by atoms with van der Waals surface area (Å²) in [6, 6.07) is 35.6. The van der Waals surface area contributed by atoms with Gasteiger partial charge in [0.15, 0.2) is 0 Å². The minimum atomic E-state index is -0.411. The molecule has 0 unspecified atom stereocenters.